The number of methoxy groups -OCH3 is 1. The maximum atomic E-state index is 6.63. The Labute approximate surface area is 119 Å². The molecule has 2 heteroatoms. The van der Waals surface area contributed by atoms with Crippen molar-refractivity contribution in [1.82, 2.24) is 0 Å². The number of benzene rings is 2. The maximum Gasteiger partial charge on any atom is 0.119 e. The Balaban J connectivity index is 1.92. The van der Waals surface area contributed by atoms with Gasteiger partial charge in [0.25, 0.3) is 0 Å². The standard InChI is InChI=1S/C17H19ClO/c1-11(12-3-4-12)17(18)15-6-5-14-10-16(19-2)8-7-13(14)9-15/h5-12,17H,3-4H2,1-2H3. The van der Waals surface area contributed by atoms with Gasteiger partial charge in [-0.25, -0.2) is 0 Å². The van der Waals surface area contributed by atoms with E-state index in [2.05, 4.69) is 37.3 Å². The molecule has 0 saturated heterocycles. The van der Waals surface area contributed by atoms with Crippen LogP contribution in [0.3, 0.4) is 0 Å². The first-order chi connectivity index (χ1) is 9.19. The van der Waals surface area contributed by atoms with Gasteiger partial charge in [-0.05, 0) is 59.2 Å². The zero-order valence-electron chi connectivity index (χ0n) is 11.4. The number of halogens is 1. The summed E-state index contributed by atoms with van der Waals surface area (Å²) < 4.78 is 5.25. The van der Waals surface area contributed by atoms with Gasteiger partial charge in [0.15, 0.2) is 0 Å². The summed E-state index contributed by atoms with van der Waals surface area (Å²) in [5.41, 5.74) is 1.23. The third kappa shape index (κ3) is 2.57. The summed E-state index contributed by atoms with van der Waals surface area (Å²) in [7, 11) is 1.70. The van der Waals surface area contributed by atoms with E-state index >= 15 is 0 Å². The minimum absolute atomic E-state index is 0.124. The van der Waals surface area contributed by atoms with E-state index in [1.165, 1.54) is 29.2 Å². The predicted octanol–water partition coefficient (Wildman–Crippen LogP) is 5.17. The molecule has 0 N–H and O–H groups in total. The van der Waals surface area contributed by atoms with Crippen molar-refractivity contribution in [2.24, 2.45) is 11.8 Å². The molecule has 2 atom stereocenters. The van der Waals surface area contributed by atoms with E-state index in [4.69, 9.17) is 16.3 Å². The average molecular weight is 275 g/mol. The van der Waals surface area contributed by atoms with Crippen LogP contribution < -0.4 is 4.74 Å². The van der Waals surface area contributed by atoms with Gasteiger partial charge in [0.1, 0.15) is 5.75 Å². The number of alkyl halides is 1. The molecule has 1 fully saturated rings. The molecule has 1 nitrogen and oxygen atoms in total. The molecule has 1 aliphatic carbocycles. The molecule has 19 heavy (non-hydrogen) atoms. The molecule has 0 amide bonds. The highest BCUT2D eigenvalue weighted by Crippen LogP contribution is 2.45. The first-order valence-electron chi connectivity index (χ1n) is 6.91. The van der Waals surface area contributed by atoms with Gasteiger partial charge in [-0.1, -0.05) is 25.1 Å². The first-order valence-corrected chi connectivity index (χ1v) is 7.34. The minimum Gasteiger partial charge on any atom is -0.497 e. The van der Waals surface area contributed by atoms with Crippen LogP contribution in [0.1, 0.15) is 30.7 Å². The summed E-state index contributed by atoms with van der Waals surface area (Å²) >= 11 is 6.63. The number of rotatable bonds is 4. The van der Waals surface area contributed by atoms with Gasteiger partial charge in [0.05, 0.1) is 12.5 Å². The Morgan fingerprint density at radius 2 is 1.79 bits per heavy atom. The molecule has 3 rings (SSSR count). The van der Waals surface area contributed by atoms with Crippen molar-refractivity contribution in [3.63, 3.8) is 0 Å². The summed E-state index contributed by atoms with van der Waals surface area (Å²) in [6, 6.07) is 12.7. The van der Waals surface area contributed by atoms with Crippen molar-refractivity contribution in [2.45, 2.75) is 25.1 Å². The van der Waals surface area contributed by atoms with E-state index in [0.717, 1.165) is 11.7 Å². The Morgan fingerprint density at radius 3 is 2.47 bits per heavy atom. The lowest BCUT2D eigenvalue weighted by Crippen LogP contribution is -2.05. The van der Waals surface area contributed by atoms with Crippen LogP contribution in [0.2, 0.25) is 0 Å². The minimum atomic E-state index is 0.124. The summed E-state index contributed by atoms with van der Waals surface area (Å²) in [4.78, 5) is 0. The largest absolute Gasteiger partial charge is 0.497 e. The van der Waals surface area contributed by atoms with Crippen molar-refractivity contribution >= 4 is 22.4 Å². The SMILES string of the molecule is COc1ccc2cc(C(Cl)C(C)C3CC3)ccc2c1. The van der Waals surface area contributed by atoms with Crippen LogP contribution in [0.15, 0.2) is 36.4 Å². The maximum absolute atomic E-state index is 6.63. The first kappa shape index (κ1) is 12.8. The van der Waals surface area contributed by atoms with Crippen LogP contribution in [0.4, 0.5) is 0 Å². The molecule has 0 spiro atoms. The van der Waals surface area contributed by atoms with Crippen molar-refractivity contribution in [3.8, 4) is 5.75 Å². The highest BCUT2D eigenvalue weighted by Gasteiger charge is 2.33. The van der Waals surface area contributed by atoms with E-state index in [9.17, 15) is 0 Å². The van der Waals surface area contributed by atoms with Crippen LogP contribution in [0.25, 0.3) is 10.8 Å². The van der Waals surface area contributed by atoms with Crippen LogP contribution in [-0.4, -0.2) is 7.11 Å². The molecule has 2 aromatic rings. The number of ether oxygens (including phenoxy) is 1. The Hall–Kier alpha value is -1.21. The highest BCUT2D eigenvalue weighted by atomic mass is 35.5. The Kier molecular flexibility index (Phi) is 3.40. The summed E-state index contributed by atoms with van der Waals surface area (Å²) in [6.45, 7) is 2.27. The zero-order valence-corrected chi connectivity index (χ0v) is 12.2. The molecule has 0 heterocycles. The molecular formula is C17H19ClO. The topological polar surface area (TPSA) is 9.23 Å². The number of hydrogen-bond donors (Lipinski definition) is 0. The van der Waals surface area contributed by atoms with Crippen LogP contribution in [0.5, 0.6) is 5.75 Å². The third-order valence-corrected chi connectivity index (χ3v) is 4.87. The van der Waals surface area contributed by atoms with Crippen LogP contribution >= 0.6 is 11.6 Å². The Bertz CT molecular complexity index is 589. The Morgan fingerprint density at radius 1 is 1.11 bits per heavy atom. The van der Waals surface area contributed by atoms with E-state index in [-0.39, 0.29) is 5.38 Å². The molecular weight excluding hydrogens is 256 g/mol. The molecule has 0 bridgehead atoms. The quantitative estimate of drug-likeness (QED) is 0.699. The second-order valence-corrected chi connectivity index (χ2v) is 6.04. The summed E-state index contributed by atoms with van der Waals surface area (Å²) in [6.07, 6.45) is 2.68. The number of hydrogen-bond acceptors (Lipinski definition) is 1. The monoisotopic (exact) mass is 274 g/mol. The average Bonchev–Trinajstić information content (AvgIpc) is 3.29. The fourth-order valence-electron chi connectivity index (χ4n) is 2.71. The molecule has 0 aromatic heterocycles. The fraction of sp³-hybridized carbons (Fsp3) is 0.412. The lowest BCUT2D eigenvalue weighted by atomic mass is 9.94. The van der Waals surface area contributed by atoms with Gasteiger partial charge in [0, 0.05) is 0 Å². The smallest absolute Gasteiger partial charge is 0.119 e. The highest BCUT2D eigenvalue weighted by molar-refractivity contribution is 6.21. The van der Waals surface area contributed by atoms with Crippen LogP contribution in [0, 0.1) is 11.8 Å². The second kappa shape index (κ2) is 5.05. The van der Waals surface area contributed by atoms with Gasteiger partial charge < -0.3 is 4.74 Å². The summed E-state index contributed by atoms with van der Waals surface area (Å²) in [5.74, 6) is 2.29. The van der Waals surface area contributed by atoms with E-state index in [0.29, 0.717) is 5.92 Å². The van der Waals surface area contributed by atoms with Gasteiger partial charge in [-0.2, -0.15) is 0 Å². The van der Waals surface area contributed by atoms with Gasteiger partial charge >= 0.3 is 0 Å². The van der Waals surface area contributed by atoms with Crippen molar-refractivity contribution in [2.75, 3.05) is 7.11 Å². The van der Waals surface area contributed by atoms with Crippen LogP contribution in [-0.2, 0) is 0 Å². The zero-order chi connectivity index (χ0) is 13.4. The number of fused-ring (bicyclic) bond motifs is 1. The molecule has 0 aliphatic heterocycles. The lowest BCUT2D eigenvalue weighted by molar-refractivity contribution is 0.415. The summed E-state index contributed by atoms with van der Waals surface area (Å²) in [5, 5.41) is 2.55. The third-order valence-electron chi connectivity index (χ3n) is 4.22. The second-order valence-electron chi connectivity index (χ2n) is 5.57. The predicted molar refractivity (Wildman–Crippen MR) is 81.0 cm³/mol. The van der Waals surface area contributed by atoms with E-state index in [1.54, 1.807) is 7.11 Å². The normalized spacial score (nSPS) is 18.3. The van der Waals surface area contributed by atoms with Gasteiger partial charge in [0.2, 0.25) is 0 Å². The van der Waals surface area contributed by atoms with E-state index < -0.39 is 0 Å². The molecule has 0 radical (unpaired) electrons. The van der Waals surface area contributed by atoms with Crippen molar-refractivity contribution in [3.05, 3.63) is 42.0 Å². The lowest BCUT2D eigenvalue weighted by Gasteiger charge is -2.18. The van der Waals surface area contributed by atoms with Gasteiger partial charge in [-0.15, -0.1) is 11.6 Å². The van der Waals surface area contributed by atoms with E-state index in [1.807, 2.05) is 6.07 Å². The molecule has 2 unspecified atom stereocenters. The molecule has 1 aliphatic rings. The molecule has 1 saturated carbocycles. The molecule has 100 valence electrons. The fourth-order valence-corrected chi connectivity index (χ4v) is 3.05. The van der Waals surface area contributed by atoms with Gasteiger partial charge in [-0.3, -0.25) is 0 Å². The van der Waals surface area contributed by atoms with Crippen molar-refractivity contribution < 1.29 is 4.74 Å². The van der Waals surface area contributed by atoms with Crippen molar-refractivity contribution in [1.29, 1.82) is 0 Å². The molecule has 2 aromatic carbocycles.